The molecule has 0 bridgehead atoms. The summed E-state index contributed by atoms with van der Waals surface area (Å²) >= 11 is 6.42. The van der Waals surface area contributed by atoms with Gasteiger partial charge in [-0.1, -0.05) is 103 Å². The van der Waals surface area contributed by atoms with Crippen LogP contribution in [0.5, 0.6) is 0 Å². The summed E-state index contributed by atoms with van der Waals surface area (Å²) in [4.78, 5) is 20.7. The number of rotatable bonds is 5. The predicted octanol–water partition coefficient (Wildman–Crippen LogP) is 5.74. The maximum Gasteiger partial charge on any atom is 0.152 e. The number of nitrogens with zero attached hydrogens (tertiary/aromatic N) is 3. The van der Waals surface area contributed by atoms with Crippen molar-refractivity contribution in [2.75, 3.05) is 0 Å². The van der Waals surface area contributed by atoms with Gasteiger partial charge in [0.25, 0.3) is 0 Å². The van der Waals surface area contributed by atoms with Gasteiger partial charge in [0.2, 0.25) is 0 Å². The molecule has 0 aliphatic heterocycles. The summed E-state index contributed by atoms with van der Waals surface area (Å²) in [6.07, 6.45) is 4.06. The van der Waals surface area contributed by atoms with Crippen LogP contribution in [0.4, 0.5) is 0 Å². The van der Waals surface area contributed by atoms with Crippen LogP contribution >= 0.6 is 11.6 Å². The second-order valence-electron chi connectivity index (χ2n) is 7.24. The minimum absolute atomic E-state index is 0.258. The van der Waals surface area contributed by atoms with Gasteiger partial charge < -0.3 is 4.57 Å². The van der Waals surface area contributed by atoms with E-state index in [2.05, 4.69) is 46.4 Å². The molecule has 150 valence electrons. The van der Waals surface area contributed by atoms with Crippen molar-refractivity contribution in [1.82, 2.24) is 14.5 Å². The van der Waals surface area contributed by atoms with E-state index in [0.717, 1.165) is 23.0 Å². The lowest BCUT2D eigenvalue weighted by atomic mass is 9.76. The highest BCUT2D eigenvalue weighted by Gasteiger charge is 2.40. The molecule has 5 heteroatoms. The molecule has 5 aromatic rings. The average molecular weight is 424 g/mol. The van der Waals surface area contributed by atoms with E-state index >= 15 is 0 Å². The maximum absolute atomic E-state index is 12.0. The lowest BCUT2D eigenvalue weighted by molar-refractivity contribution is 0.112. The first-order chi connectivity index (χ1) is 15.3. The lowest BCUT2D eigenvalue weighted by Gasteiger charge is -2.38. The van der Waals surface area contributed by atoms with Gasteiger partial charge in [0.05, 0.1) is 5.39 Å². The van der Waals surface area contributed by atoms with Crippen LogP contribution in [-0.4, -0.2) is 20.8 Å². The molecule has 0 atom stereocenters. The van der Waals surface area contributed by atoms with Gasteiger partial charge in [-0.05, 0) is 16.7 Å². The number of carbonyl (C=O) groups is 1. The zero-order valence-electron chi connectivity index (χ0n) is 16.5. The van der Waals surface area contributed by atoms with Crippen LogP contribution < -0.4 is 0 Å². The number of aldehydes is 1. The summed E-state index contributed by atoms with van der Waals surface area (Å²) in [6, 6.07) is 30.6. The summed E-state index contributed by atoms with van der Waals surface area (Å²) in [5.41, 5.74) is 3.39. The predicted molar refractivity (Wildman–Crippen MR) is 123 cm³/mol. The maximum atomic E-state index is 12.0. The number of fused-ring (bicyclic) bond motifs is 1. The van der Waals surface area contributed by atoms with Crippen LogP contribution in [0.25, 0.3) is 11.0 Å². The summed E-state index contributed by atoms with van der Waals surface area (Å²) in [6.45, 7) is 0. The number of aromatic nitrogens is 3. The Morgan fingerprint density at radius 2 is 1.23 bits per heavy atom. The van der Waals surface area contributed by atoms with Gasteiger partial charge in [-0.25, -0.2) is 9.97 Å². The first-order valence-electron chi connectivity index (χ1n) is 9.90. The zero-order chi connectivity index (χ0) is 21.3. The molecule has 31 heavy (non-hydrogen) atoms. The van der Waals surface area contributed by atoms with Crippen molar-refractivity contribution in [3.8, 4) is 0 Å². The molecule has 0 unspecified atom stereocenters. The van der Waals surface area contributed by atoms with Crippen LogP contribution in [0.1, 0.15) is 27.0 Å². The van der Waals surface area contributed by atoms with Crippen LogP contribution in [0.2, 0.25) is 5.15 Å². The lowest BCUT2D eigenvalue weighted by Crippen LogP contribution is -2.37. The van der Waals surface area contributed by atoms with Gasteiger partial charge in [-0.3, -0.25) is 4.79 Å². The van der Waals surface area contributed by atoms with Crippen molar-refractivity contribution in [3.63, 3.8) is 0 Å². The smallest absolute Gasteiger partial charge is 0.152 e. The van der Waals surface area contributed by atoms with Gasteiger partial charge in [0.15, 0.2) is 6.29 Å². The molecule has 5 rings (SSSR count). The molecule has 0 saturated carbocycles. The Morgan fingerprint density at radius 3 is 1.68 bits per heavy atom. The van der Waals surface area contributed by atoms with Crippen LogP contribution in [0, 0.1) is 0 Å². The summed E-state index contributed by atoms with van der Waals surface area (Å²) in [5, 5.41) is 0.806. The van der Waals surface area contributed by atoms with Gasteiger partial charge in [0, 0.05) is 11.8 Å². The van der Waals surface area contributed by atoms with E-state index < -0.39 is 5.54 Å². The minimum Gasteiger partial charge on any atom is -0.313 e. The molecule has 0 N–H and O–H groups in total. The minimum atomic E-state index is -0.777. The summed E-state index contributed by atoms with van der Waals surface area (Å²) in [7, 11) is 0. The zero-order valence-corrected chi connectivity index (χ0v) is 17.3. The number of hydrogen-bond donors (Lipinski definition) is 0. The fourth-order valence-corrected chi connectivity index (χ4v) is 4.59. The Hall–Kier alpha value is -3.76. The number of halogens is 1. The second-order valence-corrected chi connectivity index (χ2v) is 7.60. The van der Waals surface area contributed by atoms with Crippen molar-refractivity contribution in [2.45, 2.75) is 5.54 Å². The molecule has 0 spiro atoms. The van der Waals surface area contributed by atoms with Gasteiger partial charge in [0.1, 0.15) is 22.7 Å². The third-order valence-electron chi connectivity index (χ3n) is 5.63. The molecule has 2 heterocycles. The highest BCUT2D eigenvalue weighted by atomic mass is 35.5. The molecule has 0 amide bonds. The standard InChI is InChI=1S/C26H18ClN3O/c27-24-23-19(17-31)16-30(25(23)29-18-28-24)26(20-10-4-1-5-11-20,21-12-6-2-7-13-21)22-14-8-3-9-15-22/h1-18H. The van der Waals surface area contributed by atoms with E-state index in [0.29, 0.717) is 16.6 Å². The highest BCUT2D eigenvalue weighted by Crippen LogP contribution is 2.43. The quantitative estimate of drug-likeness (QED) is 0.206. The largest absolute Gasteiger partial charge is 0.313 e. The molecule has 0 saturated heterocycles. The first-order valence-corrected chi connectivity index (χ1v) is 10.3. The Morgan fingerprint density at radius 1 is 0.742 bits per heavy atom. The summed E-state index contributed by atoms with van der Waals surface area (Å²) in [5.74, 6) is 0. The van der Waals surface area contributed by atoms with Crippen LogP contribution in [-0.2, 0) is 5.54 Å². The second kappa shape index (κ2) is 7.82. The normalized spacial score (nSPS) is 11.5. The van der Waals surface area contributed by atoms with Crippen molar-refractivity contribution in [1.29, 1.82) is 0 Å². The van der Waals surface area contributed by atoms with E-state index in [9.17, 15) is 4.79 Å². The molecule has 3 aromatic carbocycles. The molecule has 0 aliphatic carbocycles. The SMILES string of the molecule is O=Cc1cn(C(c2ccccc2)(c2ccccc2)c2ccccc2)c2ncnc(Cl)c12. The van der Waals surface area contributed by atoms with Crippen LogP contribution in [0.3, 0.4) is 0 Å². The topological polar surface area (TPSA) is 47.8 Å². The fourth-order valence-electron chi connectivity index (χ4n) is 4.35. The van der Waals surface area contributed by atoms with E-state index in [1.807, 2.05) is 65.4 Å². The average Bonchev–Trinajstić information content (AvgIpc) is 3.22. The first kappa shape index (κ1) is 19.2. The van der Waals surface area contributed by atoms with E-state index in [4.69, 9.17) is 11.6 Å². The number of benzene rings is 3. The molecule has 2 aromatic heterocycles. The third-order valence-corrected chi connectivity index (χ3v) is 5.92. The molecule has 0 radical (unpaired) electrons. The molecule has 0 aliphatic rings. The Labute approximate surface area is 184 Å². The van der Waals surface area contributed by atoms with Crippen molar-refractivity contribution in [2.24, 2.45) is 0 Å². The Balaban J connectivity index is 2.01. The van der Waals surface area contributed by atoms with Gasteiger partial charge in [-0.2, -0.15) is 0 Å². The Kier molecular flexibility index (Phi) is 4.85. The van der Waals surface area contributed by atoms with Gasteiger partial charge in [-0.15, -0.1) is 0 Å². The number of carbonyl (C=O) groups excluding carboxylic acids is 1. The molecule has 0 fully saturated rings. The third kappa shape index (κ3) is 2.95. The van der Waals surface area contributed by atoms with Crippen molar-refractivity contribution >= 4 is 28.9 Å². The van der Waals surface area contributed by atoms with E-state index in [1.165, 1.54) is 6.33 Å². The summed E-state index contributed by atoms with van der Waals surface area (Å²) < 4.78 is 2.04. The molecular formula is C26H18ClN3O. The molecular weight excluding hydrogens is 406 g/mol. The number of hydrogen-bond acceptors (Lipinski definition) is 3. The highest BCUT2D eigenvalue weighted by molar-refractivity contribution is 6.35. The Bertz CT molecular complexity index is 1250. The molecule has 4 nitrogen and oxygen atoms in total. The van der Waals surface area contributed by atoms with Crippen LogP contribution in [0.15, 0.2) is 104 Å². The fraction of sp³-hybridized carbons (Fsp3) is 0.0385. The van der Waals surface area contributed by atoms with E-state index in [1.54, 1.807) is 0 Å². The van der Waals surface area contributed by atoms with Crippen molar-refractivity contribution < 1.29 is 4.79 Å². The van der Waals surface area contributed by atoms with Gasteiger partial charge >= 0.3 is 0 Å². The van der Waals surface area contributed by atoms with E-state index in [-0.39, 0.29) is 5.15 Å². The monoisotopic (exact) mass is 423 g/mol. The van der Waals surface area contributed by atoms with Crippen molar-refractivity contribution in [3.05, 3.63) is 131 Å².